The quantitative estimate of drug-likeness (QED) is 0.185. The molecule has 0 aromatic rings. The minimum absolute atomic E-state index is 0.0162. The third kappa shape index (κ3) is 10.6. The van der Waals surface area contributed by atoms with Gasteiger partial charge in [-0.05, 0) is 66.2 Å². The number of hydrogen-bond acceptors (Lipinski definition) is 6. The summed E-state index contributed by atoms with van der Waals surface area (Å²) in [5.41, 5.74) is -0.127. The fraction of sp³-hybridized carbons (Fsp3) is 0.939. The Labute approximate surface area is 240 Å². The van der Waals surface area contributed by atoms with E-state index >= 15 is 0 Å². The number of esters is 2. The van der Waals surface area contributed by atoms with Gasteiger partial charge in [0.15, 0.2) is 0 Å². The Morgan fingerprint density at radius 2 is 1.10 bits per heavy atom. The predicted molar refractivity (Wildman–Crippen MR) is 161 cm³/mol. The Bertz CT molecular complexity index is 808. The van der Waals surface area contributed by atoms with Gasteiger partial charge in [0.25, 0.3) is 0 Å². The van der Waals surface area contributed by atoms with Crippen molar-refractivity contribution in [2.24, 2.45) is 17.8 Å². The second kappa shape index (κ2) is 13.7. The first-order valence-corrected chi connectivity index (χ1v) is 15.8. The smallest absolute Gasteiger partial charge is 0.308 e. The van der Waals surface area contributed by atoms with Gasteiger partial charge in [-0.3, -0.25) is 9.59 Å². The number of hydrogen-bond donors (Lipinski definition) is 2. The van der Waals surface area contributed by atoms with Crippen LogP contribution in [0.1, 0.15) is 147 Å². The van der Waals surface area contributed by atoms with Crippen molar-refractivity contribution in [1.29, 1.82) is 0 Å². The molecule has 6 nitrogen and oxygen atoms in total. The SMILES string of the molecule is CC(CCCCCCCC(=O)OC1CC(C)(C)NC(C)(C(C)C)C1)C(=O)OC1CC(C)(C)NC(C)(C(C)C)C1. The number of ether oxygens (including phenoxy) is 2. The van der Waals surface area contributed by atoms with Gasteiger partial charge in [0, 0.05) is 54.3 Å². The lowest BCUT2D eigenvalue weighted by molar-refractivity contribution is -0.159. The topological polar surface area (TPSA) is 76.7 Å². The number of rotatable bonds is 13. The molecule has 2 aliphatic heterocycles. The van der Waals surface area contributed by atoms with Crippen LogP contribution in [-0.4, -0.2) is 46.3 Å². The maximum absolute atomic E-state index is 12.8. The predicted octanol–water partition coefficient (Wildman–Crippen LogP) is 7.33. The molecule has 0 aliphatic carbocycles. The second-order valence-corrected chi connectivity index (χ2v) is 15.4. The van der Waals surface area contributed by atoms with Gasteiger partial charge < -0.3 is 20.1 Å². The van der Waals surface area contributed by atoms with Gasteiger partial charge in [-0.1, -0.05) is 60.3 Å². The van der Waals surface area contributed by atoms with Crippen molar-refractivity contribution in [3.63, 3.8) is 0 Å². The summed E-state index contributed by atoms with van der Waals surface area (Å²) >= 11 is 0. The van der Waals surface area contributed by atoms with Crippen molar-refractivity contribution in [2.45, 2.75) is 181 Å². The van der Waals surface area contributed by atoms with Crippen LogP contribution in [0.15, 0.2) is 0 Å². The highest BCUT2D eigenvalue weighted by Gasteiger charge is 2.45. The highest BCUT2D eigenvalue weighted by molar-refractivity contribution is 5.72. The molecule has 5 atom stereocenters. The van der Waals surface area contributed by atoms with Crippen molar-refractivity contribution < 1.29 is 19.1 Å². The third-order valence-corrected chi connectivity index (χ3v) is 9.58. The Morgan fingerprint density at radius 1 is 0.667 bits per heavy atom. The van der Waals surface area contributed by atoms with Crippen molar-refractivity contribution in [2.75, 3.05) is 0 Å². The minimum Gasteiger partial charge on any atom is -0.462 e. The first kappa shape index (κ1) is 34.1. The number of carbonyl (C=O) groups is 2. The molecule has 39 heavy (non-hydrogen) atoms. The minimum atomic E-state index is -0.0750. The standard InChI is InChI=1S/C33H62N2O4/c1-23(2)32(10)21-26(19-30(6,7)34-32)38-28(36)18-16-14-12-13-15-17-25(5)29(37)39-27-20-31(8,9)35-33(11,22-27)24(3)4/h23-27,34-35H,12-22H2,1-11H3. The molecule has 0 spiro atoms. The Kier molecular flexibility index (Phi) is 11.9. The average molecular weight is 551 g/mol. The van der Waals surface area contributed by atoms with Gasteiger partial charge in [0.05, 0.1) is 5.92 Å². The molecule has 0 aromatic heterocycles. The number of carbonyl (C=O) groups excluding carboxylic acids is 2. The molecule has 0 saturated carbocycles. The molecule has 2 saturated heterocycles. The third-order valence-electron chi connectivity index (χ3n) is 9.58. The maximum atomic E-state index is 12.8. The molecule has 2 rings (SSSR count). The summed E-state index contributed by atoms with van der Waals surface area (Å²) in [7, 11) is 0. The summed E-state index contributed by atoms with van der Waals surface area (Å²) in [4.78, 5) is 25.4. The molecule has 2 aliphatic rings. The molecule has 228 valence electrons. The van der Waals surface area contributed by atoms with E-state index < -0.39 is 0 Å². The normalized spacial score (nSPS) is 31.2. The second-order valence-electron chi connectivity index (χ2n) is 15.4. The van der Waals surface area contributed by atoms with E-state index in [0.29, 0.717) is 18.3 Å². The number of piperidine rings is 2. The summed E-state index contributed by atoms with van der Waals surface area (Å²) in [6, 6.07) is 0. The molecule has 0 radical (unpaired) electrons. The van der Waals surface area contributed by atoms with Crippen LogP contribution in [0.4, 0.5) is 0 Å². The van der Waals surface area contributed by atoms with E-state index in [4.69, 9.17) is 9.47 Å². The van der Waals surface area contributed by atoms with Crippen molar-refractivity contribution in [1.82, 2.24) is 10.6 Å². The first-order chi connectivity index (χ1) is 17.9. The maximum Gasteiger partial charge on any atom is 0.308 e. The van der Waals surface area contributed by atoms with Crippen LogP contribution in [-0.2, 0) is 19.1 Å². The molecule has 0 amide bonds. The van der Waals surface area contributed by atoms with Gasteiger partial charge >= 0.3 is 11.9 Å². The van der Waals surface area contributed by atoms with Crippen molar-refractivity contribution in [3.8, 4) is 0 Å². The van der Waals surface area contributed by atoms with Gasteiger partial charge in [-0.25, -0.2) is 0 Å². The van der Waals surface area contributed by atoms with E-state index in [1.807, 2.05) is 6.92 Å². The Balaban J connectivity index is 1.63. The van der Waals surface area contributed by atoms with E-state index in [0.717, 1.165) is 64.2 Å². The summed E-state index contributed by atoms with van der Waals surface area (Å²) in [5.74, 6) is 0.750. The fourth-order valence-electron chi connectivity index (χ4n) is 6.80. The average Bonchev–Trinajstić information content (AvgIpc) is 2.75. The molecule has 5 unspecified atom stereocenters. The van der Waals surface area contributed by atoms with Crippen LogP contribution >= 0.6 is 0 Å². The Morgan fingerprint density at radius 3 is 1.59 bits per heavy atom. The zero-order chi connectivity index (χ0) is 29.6. The molecular formula is C33H62N2O4. The fourth-order valence-corrected chi connectivity index (χ4v) is 6.80. The van der Waals surface area contributed by atoms with E-state index in [2.05, 4.69) is 79.9 Å². The molecule has 0 bridgehead atoms. The lowest BCUT2D eigenvalue weighted by atomic mass is 9.74. The summed E-state index contributed by atoms with van der Waals surface area (Å²) in [5, 5.41) is 7.54. The van der Waals surface area contributed by atoms with Gasteiger partial charge in [-0.15, -0.1) is 0 Å². The lowest BCUT2D eigenvalue weighted by Crippen LogP contribution is -2.63. The van der Waals surface area contributed by atoms with E-state index in [-0.39, 0.29) is 52.2 Å². The largest absolute Gasteiger partial charge is 0.462 e. The molecule has 2 heterocycles. The highest BCUT2D eigenvalue weighted by atomic mass is 16.5. The highest BCUT2D eigenvalue weighted by Crippen LogP contribution is 2.36. The van der Waals surface area contributed by atoms with Crippen LogP contribution in [0.5, 0.6) is 0 Å². The van der Waals surface area contributed by atoms with Crippen LogP contribution in [0.25, 0.3) is 0 Å². The molecule has 2 N–H and O–H groups in total. The van der Waals surface area contributed by atoms with Crippen LogP contribution < -0.4 is 10.6 Å². The molecule has 0 aromatic carbocycles. The lowest BCUT2D eigenvalue weighted by Gasteiger charge is -2.50. The number of unbranched alkanes of at least 4 members (excludes halogenated alkanes) is 4. The van der Waals surface area contributed by atoms with Crippen LogP contribution in [0.3, 0.4) is 0 Å². The zero-order valence-corrected chi connectivity index (χ0v) is 27.3. The molecule has 2 fully saturated rings. The van der Waals surface area contributed by atoms with E-state index in [1.54, 1.807) is 0 Å². The molecule has 6 heteroatoms. The summed E-state index contributed by atoms with van der Waals surface area (Å²) < 4.78 is 11.9. The van der Waals surface area contributed by atoms with Crippen LogP contribution in [0.2, 0.25) is 0 Å². The first-order valence-electron chi connectivity index (χ1n) is 15.8. The van der Waals surface area contributed by atoms with Gasteiger partial charge in [0.2, 0.25) is 0 Å². The van der Waals surface area contributed by atoms with Crippen molar-refractivity contribution >= 4 is 11.9 Å². The summed E-state index contributed by atoms with van der Waals surface area (Å²) in [6.07, 6.45) is 9.80. The van der Waals surface area contributed by atoms with E-state index in [1.165, 1.54) is 0 Å². The number of nitrogens with one attached hydrogen (secondary N) is 2. The van der Waals surface area contributed by atoms with Crippen LogP contribution in [0, 0.1) is 17.8 Å². The Hall–Kier alpha value is -1.14. The van der Waals surface area contributed by atoms with Gasteiger partial charge in [-0.2, -0.15) is 0 Å². The zero-order valence-electron chi connectivity index (χ0n) is 27.3. The monoisotopic (exact) mass is 550 g/mol. The summed E-state index contributed by atoms with van der Waals surface area (Å²) in [6.45, 7) is 24.2. The van der Waals surface area contributed by atoms with Gasteiger partial charge in [0.1, 0.15) is 12.2 Å². The van der Waals surface area contributed by atoms with E-state index in [9.17, 15) is 9.59 Å². The molecular weight excluding hydrogens is 488 g/mol. The van der Waals surface area contributed by atoms with Crippen molar-refractivity contribution in [3.05, 3.63) is 0 Å².